The molecule has 0 nitrogen and oxygen atoms in total. The molecule has 0 heterocycles. The first-order chi connectivity index (χ1) is 11.8. The smallest absolute Gasteiger partial charge is 0.0276 e. The first-order valence-electron chi connectivity index (χ1n) is 8.61. The van der Waals surface area contributed by atoms with Crippen molar-refractivity contribution in [1.29, 1.82) is 0 Å². The zero-order valence-corrected chi connectivity index (χ0v) is 14.4. The molecule has 0 unspecified atom stereocenters. The van der Waals surface area contributed by atoms with Crippen LogP contribution in [0.5, 0.6) is 0 Å². The van der Waals surface area contributed by atoms with E-state index in [1.165, 1.54) is 16.7 Å². The van der Waals surface area contributed by atoms with E-state index in [4.69, 9.17) is 0 Å². The maximum atomic E-state index is 2.21. The van der Waals surface area contributed by atoms with Crippen LogP contribution in [0.4, 0.5) is 0 Å². The van der Waals surface area contributed by atoms with Crippen molar-refractivity contribution in [3.8, 4) is 0 Å². The summed E-state index contributed by atoms with van der Waals surface area (Å²) >= 11 is 0. The Labute approximate surface area is 146 Å². The second-order valence-electron chi connectivity index (χ2n) is 5.86. The van der Waals surface area contributed by atoms with Crippen LogP contribution < -0.4 is 0 Å². The molecule has 0 fully saturated rings. The molecule has 0 saturated carbocycles. The quantitative estimate of drug-likeness (QED) is 0.611. The monoisotopic (exact) mass is 314 g/mol. The van der Waals surface area contributed by atoms with Gasteiger partial charge in [-0.1, -0.05) is 109 Å². The summed E-state index contributed by atoms with van der Waals surface area (Å²) in [5.41, 5.74) is 4.00. The molecule has 0 aromatic heterocycles. The minimum absolute atomic E-state index is 1.09. The van der Waals surface area contributed by atoms with Gasteiger partial charge in [0.1, 0.15) is 0 Å². The van der Waals surface area contributed by atoms with E-state index in [1.807, 2.05) is 6.07 Å². The average molecular weight is 314 g/mol. The summed E-state index contributed by atoms with van der Waals surface area (Å²) in [6, 6.07) is 36.1. The molecule has 0 aliphatic carbocycles. The second kappa shape index (κ2) is 11.0. The summed E-state index contributed by atoms with van der Waals surface area (Å²) in [4.78, 5) is 0. The first-order valence-corrected chi connectivity index (χ1v) is 8.61. The van der Waals surface area contributed by atoms with Crippen molar-refractivity contribution in [3.63, 3.8) is 0 Å². The Hall–Kier alpha value is -2.60. The summed E-state index contributed by atoms with van der Waals surface area (Å²) in [5.74, 6) is 0. The van der Waals surface area contributed by atoms with E-state index in [0.717, 1.165) is 19.3 Å². The molecule has 0 atom stereocenters. The number of hydrogen-bond acceptors (Lipinski definition) is 0. The van der Waals surface area contributed by atoms with E-state index >= 15 is 0 Å². The summed E-state index contributed by atoms with van der Waals surface area (Å²) in [5, 5.41) is 0. The molecule has 0 amide bonds. The van der Waals surface area contributed by atoms with E-state index in [9.17, 15) is 0 Å². The maximum Gasteiger partial charge on any atom is -0.0276 e. The van der Waals surface area contributed by atoms with Crippen molar-refractivity contribution >= 4 is 0 Å². The lowest BCUT2D eigenvalue weighted by molar-refractivity contribution is 0.822. The fraction of sp³-hybridized carbons (Fsp3) is 0.167. The van der Waals surface area contributed by atoms with E-state index in [1.54, 1.807) is 0 Å². The minimum atomic E-state index is 1.09. The molecular formula is C24H26. The van der Waals surface area contributed by atoms with Crippen LogP contribution >= 0.6 is 0 Å². The molecule has 0 radical (unpaired) electrons. The van der Waals surface area contributed by atoms with Gasteiger partial charge in [0.25, 0.3) is 0 Å². The zero-order valence-electron chi connectivity index (χ0n) is 14.4. The molecule has 2 rings (SSSR count). The third-order valence-corrected chi connectivity index (χ3v) is 3.78. The second-order valence-corrected chi connectivity index (χ2v) is 5.86. The highest BCUT2D eigenvalue weighted by Crippen LogP contribution is 2.06. The van der Waals surface area contributed by atoms with Crippen LogP contribution in [0.2, 0.25) is 0 Å². The average Bonchev–Trinajstić information content (AvgIpc) is 2.60. The van der Waals surface area contributed by atoms with Crippen LogP contribution in [0.1, 0.15) is 23.1 Å². The normalized spacial score (nSPS) is 9.54. The number of rotatable bonds is 4. The van der Waals surface area contributed by atoms with Gasteiger partial charge in [0.2, 0.25) is 0 Å². The molecule has 0 spiro atoms. The standard InChI is InChI=1S/C24H26/c1-22-14-9-11-18-24(19-12-10-15-22)21-13-20-23-16-7-5-3-2-4-6-8-17-23/h2-12,14-19H,13,20-21H2,1H3. The van der Waals surface area contributed by atoms with Gasteiger partial charge in [-0.15, -0.1) is 0 Å². The SMILES string of the molecule is Cc1ccccc(CCCc2ccccccccc2)cccc1. The van der Waals surface area contributed by atoms with E-state index in [2.05, 4.69) is 104 Å². The van der Waals surface area contributed by atoms with Gasteiger partial charge in [-0.3, -0.25) is 0 Å². The lowest BCUT2D eigenvalue weighted by Gasteiger charge is -2.00. The Morgan fingerprint density at radius 1 is 0.458 bits per heavy atom. The fourth-order valence-corrected chi connectivity index (χ4v) is 2.45. The zero-order chi connectivity index (χ0) is 16.9. The van der Waals surface area contributed by atoms with Crippen molar-refractivity contribution in [2.75, 3.05) is 0 Å². The van der Waals surface area contributed by atoms with E-state index in [-0.39, 0.29) is 0 Å². The molecule has 2 aromatic carbocycles. The van der Waals surface area contributed by atoms with Crippen molar-refractivity contribution in [2.45, 2.75) is 26.2 Å². The molecule has 0 N–H and O–H groups in total. The minimum Gasteiger partial charge on any atom is -0.0623 e. The third-order valence-electron chi connectivity index (χ3n) is 3.78. The van der Waals surface area contributed by atoms with Gasteiger partial charge in [-0.25, -0.2) is 0 Å². The van der Waals surface area contributed by atoms with Gasteiger partial charge in [-0.2, -0.15) is 0 Å². The predicted molar refractivity (Wildman–Crippen MR) is 105 cm³/mol. The molecule has 0 saturated heterocycles. The van der Waals surface area contributed by atoms with Crippen molar-refractivity contribution < 1.29 is 0 Å². The van der Waals surface area contributed by atoms with Crippen LogP contribution in [0.3, 0.4) is 0 Å². The lowest BCUT2D eigenvalue weighted by atomic mass is 10.1. The van der Waals surface area contributed by atoms with Gasteiger partial charge in [-0.05, 0) is 37.3 Å². The van der Waals surface area contributed by atoms with Crippen LogP contribution in [0.15, 0.2) is 103 Å². The largest absolute Gasteiger partial charge is 0.0623 e. The molecule has 24 heavy (non-hydrogen) atoms. The Morgan fingerprint density at radius 2 is 0.792 bits per heavy atom. The Balaban J connectivity index is 2.04. The number of aryl methyl sites for hydroxylation is 3. The van der Waals surface area contributed by atoms with Gasteiger partial charge >= 0.3 is 0 Å². The number of hydrogen-bond donors (Lipinski definition) is 0. The van der Waals surface area contributed by atoms with Crippen LogP contribution in [-0.2, 0) is 12.8 Å². The Kier molecular flexibility index (Phi) is 8.15. The molecule has 122 valence electrons. The van der Waals surface area contributed by atoms with E-state index in [0.29, 0.717) is 0 Å². The Morgan fingerprint density at radius 3 is 1.25 bits per heavy atom. The lowest BCUT2D eigenvalue weighted by Crippen LogP contribution is -1.88. The molecule has 0 aliphatic rings. The molecule has 0 bridgehead atoms. The Bertz CT molecular complexity index is 676. The van der Waals surface area contributed by atoms with Gasteiger partial charge in [0, 0.05) is 0 Å². The van der Waals surface area contributed by atoms with Gasteiger partial charge < -0.3 is 0 Å². The molecule has 0 aliphatic heterocycles. The summed E-state index contributed by atoms with van der Waals surface area (Å²) in [6.07, 6.45) is 3.32. The van der Waals surface area contributed by atoms with Crippen LogP contribution in [0, 0.1) is 6.92 Å². The maximum absolute atomic E-state index is 2.21. The third kappa shape index (κ3) is 7.60. The highest BCUT2D eigenvalue weighted by Gasteiger charge is 1.92. The van der Waals surface area contributed by atoms with Crippen LogP contribution in [0.25, 0.3) is 0 Å². The highest BCUT2D eigenvalue weighted by molar-refractivity contribution is 5.16. The fourth-order valence-electron chi connectivity index (χ4n) is 2.45. The van der Waals surface area contributed by atoms with Crippen molar-refractivity contribution in [2.24, 2.45) is 0 Å². The topological polar surface area (TPSA) is 0 Å². The molecule has 0 heteroatoms. The highest BCUT2D eigenvalue weighted by atomic mass is 14.0. The van der Waals surface area contributed by atoms with Gasteiger partial charge in [0.05, 0.1) is 0 Å². The van der Waals surface area contributed by atoms with Crippen molar-refractivity contribution in [1.82, 2.24) is 0 Å². The first kappa shape index (κ1) is 17.7. The molecular weight excluding hydrogens is 288 g/mol. The van der Waals surface area contributed by atoms with E-state index < -0.39 is 0 Å². The van der Waals surface area contributed by atoms with Crippen LogP contribution in [-0.4, -0.2) is 0 Å². The molecule has 2 aromatic rings. The summed E-state index contributed by atoms with van der Waals surface area (Å²) in [7, 11) is 0. The summed E-state index contributed by atoms with van der Waals surface area (Å²) in [6.45, 7) is 2.11. The summed E-state index contributed by atoms with van der Waals surface area (Å²) < 4.78 is 0. The predicted octanol–water partition coefficient (Wildman–Crippen LogP) is 6.42. The van der Waals surface area contributed by atoms with Crippen molar-refractivity contribution in [3.05, 3.63) is 120 Å². The van der Waals surface area contributed by atoms with Gasteiger partial charge in [0.15, 0.2) is 0 Å².